The summed E-state index contributed by atoms with van der Waals surface area (Å²) in [5.74, 6) is -0.256. The lowest BCUT2D eigenvalue weighted by Gasteiger charge is -2.12. The van der Waals surface area contributed by atoms with Crippen LogP contribution in [-0.2, 0) is 9.53 Å². The number of halogens is 3. The molecule has 0 radical (unpaired) electrons. The predicted octanol–water partition coefficient (Wildman–Crippen LogP) is 4.28. The van der Waals surface area contributed by atoms with E-state index in [-0.39, 0.29) is 0 Å². The number of esters is 1. The quantitative estimate of drug-likeness (QED) is 0.447. The molecule has 0 aromatic heterocycles. The van der Waals surface area contributed by atoms with E-state index in [0.29, 0.717) is 22.4 Å². The van der Waals surface area contributed by atoms with E-state index in [1.165, 1.54) is 6.07 Å². The van der Waals surface area contributed by atoms with Gasteiger partial charge in [-0.15, -0.1) is 0 Å². The standard InChI is InChI=1S/C12H13Cl3O3/c1-2-3-6-17-12(16)11(15)18-8-4-5-9(13)10(14)7-8/h4-5,7,11H,2-3,6H2,1H3. The first kappa shape index (κ1) is 15.4. The summed E-state index contributed by atoms with van der Waals surface area (Å²) in [6.07, 6.45) is 1.73. The number of ether oxygens (including phenoxy) is 2. The van der Waals surface area contributed by atoms with Crippen LogP contribution < -0.4 is 4.74 Å². The van der Waals surface area contributed by atoms with E-state index in [2.05, 4.69) is 0 Å². The second-order valence-corrected chi connectivity index (χ2v) is 4.74. The maximum atomic E-state index is 11.4. The van der Waals surface area contributed by atoms with Crippen molar-refractivity contribution >= 4 is 40.8 Å². The highest BCUT2D eigenvalue weighted by atomic mass is 35.5. The second-order valence-electron chi connectivity index (χ2n) is 3.53. The van der Waals surface area contributed by atoms with Crippen molar-refractivity contribution in [1.29, 1.82) is 0 Å². The molecular weight excluding hydrogens is 298 g/mol. The number of alkyl halides is 1. The lowest BCUT2D eigenvalue weighted by molar-refractivity contribution is -0.148. The van der Waals surface area contributed by atoms with Gasteiger partial charge in [0.1, 0.15) is 5.75 Å². The van der Waals surface area contributed by atoms with Crippen LogP contribution in [0.5, 0.6) is 5.75 Å². The van der Waals surface area contributed by atoms with Crippen LogP contribution in [0.25, 0.3) is 0 Å². The molecular formula is C12H13Cl3O3. The highest BCUT2D eigenvalue weighted by Crippen LogP contribution is 2.27. The Bertz CT molecular complexity index is 410. The predicted molar refractivity (Wildman–Crippen MR) is 72.6 cm³/mol. The number of unbranched alkanes of at least 4 members (excludes halogenated alkanes) is 1. The highest BCUT2D eigenvalue weighted by Gasteiger charge is 2.18. The topological polar surface area (TPSA) is 35.5 Å². The summed E-state index contributed by atoms with van der Waals surface area (Å²) < 4.78 is 10.1. The van der Waals surface area contributed by atoms with Crippen molar-refractivity contribution in [1.82, 2.24) is 0 Å². The molecule has 100 valence electrons. The first-order chi connectivity index (χ1) is 8.54. The molecule has 1 aromatic carbocycles. The molecule has 6 heteroatoms. The summed E-state index contributed by atoms with van der Waals surface area (Å²) in [7, 11) is 0. The highest BCUT2D eigenvalue weighted by molar-refractivity contribution is 6.42. The molecule has 0 saturated heterocycles. The minimum atomic E-state index is -1.20. The zero-order valence-corrected chi connectivity index (χ0v) is 12.1. The Kier molecular flexibility index (Phi) is 6.61. The molecule has 0 N–H and O–H groups in total. The molecule has 0 aliphatic rings. The van der Waals surface area contributed by atoms with Gasteiger partial charge in [0.25, 0.3) is 5.56 Å². The van der Waals surface area contributed by atoms with Gasteiger partial charge in [0.05, 0.1) is 16.7 Å². The van der Waals surface area contributed by atoms with Crippen molar-refractivity contribution in [3.05, 3.63) is 28.2 Å². The Labute approximate surface area is 121 Å². The molecule has 1 rings (SSSR count). The summed E-state index contributed by atoms with van der Waals surface area (Å²) in [5, 5.41) is 0.734. The number of rotatable bonds is 6. The fraction of sp³-hybridized carbons (Fsp3) is 0.417. The normalized spacial score (nSPS) is 12.0. The Morgan fingerprint density at radius 3 is 2.67 bits per heavy atom. The molecule has 0 amide bonds. The minimum Gasteiger partial charge on any atom is -0.463 e. The lowest BCUT2D eigenvalue weighted by atomic mass is 10.3. The summed E-state index contributed by atoms with van der Waals surface area (Å²) in [6, 6.07) is 4.62. The molecule has 0 spiro atoms. The van der Waals surface area contributed by atoms with Gasteiger partial charge in [-0.2, -0.15) is 0 Å². The zero-order chi connectivity index (χ0) is 13.5. The molecule has 0 fully saturated rings. The molecule has 1 unspecified atom stereocenters. The summed E-state index contributed by atoms with van der Waals surface area (Å²) in [5.41, 5.74) is -1.20. The van der Waals surface area contributed by atoms with E-state index in [1.807, 2.05) is 6.92 Å². The number of carbonyl (C=O) groups is 1. The van der Waals surface area contributed by atoms with E-state index in [1.54, 1.807) is 12.1 Å². The Balaban J connectivity index is 2.50. The van der Waals surface area contributed by atoms with Crippen LogP contribution in [0, 0.1) is 0 Å². The number of hydrogen-bond acceptors (Lipinski definition) is 3. The fourth-order valence-corrected chi connectivity index (χ4v) is 1.55. The molecule has 1 atom stereocenters. The number of benzene rings is 1. The third kappa shape index (κ3) is 4.92. The van der Waals surface area contributed by atoms with Gasteiger partial charge in [-0.3, -0.25) is 0 Å². The van der Waals surface area contributed by atoms with Crippen molar-refractivity contribution in [3.8, 4) is 5.75 Å². The average molecular weight is 312 g/mol. The van der Waals surface area contributed by atoms with Gasteiger partial charge in [0, 0.05) is 6.07 Å². The van der Waals surface area contributed by atoms with E-state index in [9.17, 15) is 4.79 Å². The van der Waals surface area contributed by atoms with Gasteiger partial charge < -0.3 is 9.47 Å². The summed E-state index contributed by atoms with van der Waals surface area (Å²) in [6.45, 7) is 2.33. The van der Waals surface area contributed by atoms with Crippen LogP contribution in [0.4, 0.5) is 0 Å². The SMILES string of the molecule is CCCCOC(=O)C(Cl)Oc1ccc(Cl)c(Cl)c1. The molecule has 0 saturated carbocycles. The number of carbonyl (C=O) groups excluding carboxylic acids is 1. The van der Waals surface area contributed by atoms with Crippen LogP contribution in [0.2, 0.25) is 10.0 Å². The van der Waals surface area contributed by atoms with E-state index in [0.717, 1.165) is 12.8 Å². The van der Waals surface area contributed by atoms with Gasteiger partial charge in [0.15, 0.2) is 0 Å². The molecule has 1 aromatic rings. The Hall–Kier alpha value is -0.640. The smallest absolute Gasteiger partial charge is 0.363 e. The van der Waals surface area contributed by atoms with Crippen LogP contribution in [0.15, 0.2) is 18.2 Å². The minimum absolute atomic E-state index is 0.331. The maximum absolute atomic E-state index is 11.4. The first-order valence-electron chi connectivity index (χ1n) is 5.47. The van der Waals surface area contributed by atoms with Crippen molar-refractivity contribution in [2.45, 2.75) is 25.3 Å². The van der Waals surface area contributed by atoms with Crippen molar-refractivity contribution < 1.29 is 14.3 Å². The molecule has 0 bridgehead atoms. The molecule has 0 aliphatic heterocycles. The third-order valence-electron chi connectivity index (χ3n) is 2.06. The van der Waals surface area contributed by atoms with Gasteiger partial charge in [-0.1, -0.05) is 48.1 Å². The van der Waals surface area contributed by atoms with Crippen LogP contribution >= 0.6 is 34.8 Å². The summed E-state index contributed by atoms with van der Waals surface area (Å²) in [4.78, 5) is 11.4. The third-order valence-corrected chi connectivity index (χ3v) is 3.06. The van der Waals surface area contributed by atoms with Gasteiger partial charge in [0.2, 0.25) is 0 Å². The van der Waals surface area contributed by atoms with E-state index >= 15 is 0 Å². The van der Waals surface area contributed by atoms with Crippen LogP contribution in [0.1, 0.15) is 19.8 Å². The van der Waals surface area contributed by atoms with Gasteiger partial charge in [-0.25, -0.2) is 4.79 Å². The molecule has 3 nitrogen and oxygen atoms in total. The molecule has 18 heavy (non-hydrogen) atoms. The van der Waals surface area contributed by atoms with E-state index in [4.69, 9.17) is 44.3 Å². The monoisotopic (exact) mass is 310 g/mol. The van der Waals surface area contributed by atoms with Crippen molar-refractivity contribution in [2.24, 2.45) is 0 Å². The van der Waals surface area contributed by atoms with Gasteiger partial charge >= 0.3 is 5.97 Å². The first-order valence-corrected chi connectivity index (χ1v) is 6.66. The number of hydrogen-bond donors (Lipinski definition) is 0. The Morgan fingerprint density at radius 1 is 1.33 bits per heavy atom. The zero-order valence-electron chi connectivity index (χ0n) is 9.79. The van der Waals surface area contributed by atoms with Crippen molar-refractivity contribution in [3.63, 3.8) is 0 Å². The van der Waals surface area contributed by atoms with Crippen LogP contribution in [-0.4, -0.2) is 18.1 Å². The largest absolute Gasteiger partial charge is 0.463 e. The average Bonchev–Trinajstić information content (AvgIpc) is 2.34. The second kappa shape index (κ2) is 7.72. The fourth-order valence-electron chi connectivity index (χ4n) is 1.10. The Morgan fingerprint density at radius 2 is 2.06 bits per heavy atom. The van der Waals surface area contributed by atoms with Crippen molar-refractivity contribution in [2.75, 3.05) is 6.61 Å². The lowest BCUT2D eigenvalue weighted by Crippen LogP contribution is -2.24. The maximum Gasteiger partial charge on any atom is 0.363 e. The summed E-state index contributed by atoms with van der Waals surface area (Å²) >= 11 is 17.3. The van der Waals surface area contributed by atoms with Gasteiger partial charge in [-0.05, 0) is 18.6 Å². The van der Waals surface area contributed by atoms with Crippen LogP contribution in [0.3, 0.4) is 0 Å². The van der Waals surface area contributed by atoms with E-state index < -0.39 is 11.5 Å². The molecule has 0 heterocycles. The molecule has 0 aliphatic carbocycles.